The number of benzene rings is 3. The van der Waals surface area contributed by atoms with Gasteiger partial charge in [-0.3, -0.25) is 4.79 Å². The van der Waals surface area contributed by atoms with Crippen molar-refractivity contribution in [1.82, 2.24) is 9.73 Å². The summed E-state index contributed by atoms with van der Waals surface area (Å²) in [5.74, 6) is -2.05. The maximum Gasteiger partial charge on any atom is 0.255 e. The second-order valence-electron chi connectivity index (χ2n) is 7.74. The molecule has 3 rings (SSSR count). The van der Waals surface area contributed by atoms with Crippen LogP contribution in [0.5, 0.6) is 0 Å². The van der Waals surface area contributed by atoms with Gasteiger partial charge in [-0.25, -0.2) is 13.8 Å². The second kappa shape index (κ2) is 10.9. The monoisotopic (exact) mass is 478 g/mol. The quantitative estimate of drug-likeness (QED) is 0.373. The Balaban J connectivity index is 1.80. The third-order valence-corrected chi connectivity index (χ3v) is 6.84. The number of carboxylic acid groups (broad SMARTS) is 1. The van der Waals surface area contributed by atoms with Crippen LogP contribution in [-0.4, -0.2) is 37.4 Å². The first kappa shape index (κ1) is 24.8. The third kappa shape index (κ3) is 6.37. The number of carboxylic acids is 1. The van der Waals surface area contributed by atoms with E-state index in [2.05, 4.69) is 10.5 Å². The Hall–Kier alpha value is -3.82. The number of aromatic carboxylic acids is 1. The molecule has 0 heterocycles. The van der Waals surface area contributed by atoms with E-state index in [1.807, 2.05) is 26.0 Å². The highest BCUT2D eigenvalue weighted by Crippen LogP contribution is 2.19. The highest BCUT2D eigenvalue weighted by molar-refractivity contribution is 7.89. The molecule has 1 N–H and O–H groups in total. The molecule has 0 atom stereocenters. The van der Waals surface area contributed by atoms with E-state index in [0.29, 0.717) is 0 Å². The molecule has 3 aromatic carbocycles. The summed E-state index contributed by atoms with van der Waals surface area (Å²) in [6.45, 7) is 3.28. The van der Waals surface area contributed by atoms with Crippen LogP contribution in [0.2, 0.25) is 0 Å². The number of nitrogens with one attached hydrogen (secondary N) is 1. The van der Waals surface area contributed by atoms with Crippen LogP contribution in [0, 0.1) is 13.8 Å². The van der Waals surface area contributed by atoms with E-state index in [-0.39, 0.29) is 22.6 Å². The van der Waals surface area contributed by atoms with E-state index >= 15 is 0 Å². The minimum atomic E-state index is -3.98. The van der Waals surface area contributed by atoms with Crippen LogP contribution in [0.1, 0.15) is 32.6 Å². The molecule has 0 aliphatic heterocycles. The van der Waals surface area contributed by atoms with Crippen LogP contribution in [0.15, 0.2) is 82.8 Å². The fourth-order valence-electron chi connectivity index (χ4n) is 3.15. The molecule has 9 heteroatoms. The molecule has 0 saturated carbocycles. The van der Waals surface area contributed by atoms with E-state index in [4.69, 9.17) is 0 Å². The Bertz CT molecular complexity index is 1300. The van der Waals surface area contributed by atoms with Gasteiger partial charge < -0.3 is 9.90 Å². The van der Waals surface area contributed by atoms with Gasteiger partial charge in [0.1, 0.15) is 0 Å². The lowest BCUT2D eigenvalue weighted by atomic mass is 10.1. The first-order chi connectivity index (χ1) is 16.2. The molecule has 8 nitrogen and oxygen atoms in total. The third-order valence-electron chi connectivity index (χ3n) is 5.03. The topological polar surface area (TPSA) is 119 Å². The van der Waals surface area contributed by atoms with Gasteiger partial charge in [0, 0.05) is 17.7 Å². The maximum absolute atomic E-state index is 13.3. The van der Waals surface area contributed by atoms with Crippen LogP contribution in [0.25, 0.3) is 0 Å². The summed E-state index contributed by atoms with van der Waals surface area (Å²) in [6, 6.07) is 19.7. The Morgan fingerprint density at radius 2 is 1.53 bits per heavy atom. The summed E-state index contributed by atoms with van der Waals surface area (Å²) in [4.78, 5) is 23.8. The number of amides is 1. The smallest absolute Gasteiger partial charge is 0.255 e. The van der Waals surface area contributed by atoms with Crippen LogP contribution in [-0.2, 0) is 21.4 Å². The van der Waals surface area contributed by atoms with Crippen molar-refractivity contribution in [2.24, 2.45) is 5.10 Å². The number of sulfonamides is 1. The van der Waals surface area contributed by atoms with Crippen molar-refractivity contribution >= 4 is 28.1 Å². The van der Waals surface area contributed by atoms with Gasteiger partial charge in [0.25, 0.3) is 5.91 Å². The summed E-state index contributed by atoms with van der Waals surface area (Å²) in [5.41, 5.74) is 5.09. The Morgan fingerprint density at radius 3 is 2.15 bits per heavy atom. The van der Waals surface area contributed by atoms with Gasteiger partial charge in [-0.15, -0.1) is 0 Å². The predicted molar refractivity (Wildman–Crippen MR) is 126 cm³/mol. The van der Waals surface area contributed by atoms with E-state index in [0.717, 1.165) is 21.0 Å². The minimum Gasteiger partial charge on any atom is -0.545 e. The summed E-state index contributed by atoms with van der Waals surface area (Å²) in [5, 5.41) is 15.0. The average Bonchev–Trinajstić information content (AvgIpc) is 2.80. The van der Waals surface area contributed by atoms with Crippen LogP contribution in [0.3, 0.4) is 0 Å². The highest BCUT2D eigenvalue weighted by atomic mass is 32.2. The Morgan fingerprint density at radius 1 is 0.941 bits per heavy atom. The van der Waals surface area contributed by atoms with E-state index in [1.165, 1.54) is 30.5 Å². The van der Waals surface area contributed by atoms with Gasteiger partial charge in [-0.2, -0.15) is 9.41 Å². The lowest BCUT2D eigenvalue weighted by molar-refractivity contribution is -0.255. The zero-order chi connectivity index (χ0) is 24.7. The van der Waals surface area contributed by atoms with Gasteiger partial charge >= 0.3 is 0 Å². The van der Waals surface area contributed by atoms with Gasteiger partial charge in [-0.1, -0.05) is 71.8 Å². The molecule has 0 spiro atoms. The Labute approximate surface area is 198 Å². The molecule has 0 radical (unpaired) electrons. The standard InChI is InChI=1S/C25H25N3O5S/c1-18-7-11-20(12-8-18)16-28(34(32,33)22-13-9-19(2)10-14-22)17-24(29)27-26-15-21-5-3-4-6-23(21)25(30)31/h3-15H,16-17H2,1-2H3,(H,27,29)(H,30,31)/p-1/b26-15-. The molecule has 0 saturated heterocycles. The SMILES string of the molecule is Cc1ccc(CN(CC(=O)N/N=C\c2ccccc2C(=O)[O-])S(=O)(=O)c2ccc(C)cc2)cc1. The fraction of sp³-hybridized carbons (Fsp3) is 0.160. The summed E-state index contributed by atoms with van der Waals surface area (Å²) >= 11 is 0. The molecule has 3 aromatic rings. The van der Waals surface area contributed by atoms with Crippen molar-refractivity contribution < 1.29 is 23.1 Å². The molecule has 0 bridgehead atoms. The minimum absolute atomic E-state index is 0.0128. The number of aryl methyl sites for hydroxylation is 2. The number of carbonyl (C=O) groups is 2. The Kier molecular flexibility index (Phi) is 7.93. The van der Waals surface area contributed by atoms with Crippen LogP contribution >= 0.6 is 0 Å². The number of nitrogens with zero attached hydrogens (tertiary/aromatic N) is 2. The first-order valence-corrected chi connectivity index (χ1v) is 11.9. The lowest BCUT2D eigenvalue weighted by Gasteiger charge is -2.21. The zero-order valence-corrected chi connectivity index (χ0v) is 19.6. The number of hydrogen-bond donors (Lipinski definition) is 1. The summed E-state index contributed by atoms with van der Waals surface area (Å²) in [6.07, 6.45) is 1.17. The number of hydrazone groups is 1. The molecule has 0 unspecified atom stereocenters. The largest absolute Gasteiger partial charge is 0.545 e. The molecule has 0 aromatic heterocycles. The molecule has 0 aliphatic carbocycles. The molecular formula is C25H24N3O5S-. The molecule has 176 valence electrons. The number of rotatable bonds is 9. The molecular weight excluding hydrogens is 454 g/mol. The number of hydrogen-bond acceptors (Lipinski definition) is 6. The van der Waals surface area contributed by atoms with Crippen molar-refractivity contribution in [2.75, 3.05) is 6.54 Å². The van der Waals surface area contributed by atoms with Gasteiger partial charge in [0.2, 0.25) is 10.0 Å². The van der Waals surface area contributed by atoms with Crippen LogP contribution in [0.4, 0.5) is 0 Å². The maximum atomic E-state index is 13.3. The van der Waals surface area contributed by atoms with E-state index < -0.39 is 28.4 Å². The van der Waals surface area contributed by atoms with Gasteiger partial charge in [0.05, 0.1) is 23.6 Å². The summed E-state index contributed by atoms with van der Waals surface area (Å²) < 4.78 is 27.7. The predicted octanol–water partition coefficient (Wildman–Crippen LogP) is 2.01. The summed E-state index contributed by atoms with van der Waals surface area (Å²) in [7, 11) is -3.98. The van der Waals surface area contributed by atoms with Crippen LogP contribution < -0.4 is 10.5 Å². The number of carbonyl (C=O) groups excluding carboxylic acids is 2. The molecule has 0 fully saturated rings. The first-order valence-electron chi connectivity index (χ1n) is 10.4. The van der Waals surface area contributed by atoms with Crippen molar-refractivity contribution in [3.63, 3.8) is 0 Å². The molecule has 0 aliphatic rings. The van der Waals surface area contributed by atoms with E-state index in [9.17, 15) is 23.1 Å². The van der Waals surface area contributed by atoms with Gasteiger partial charge in [-0.05, 0) is 31.5 Å². The highest BCUT2D eigenvalue weighted by Gasteiger charge is 2.27. The molecule has 34 heavy (non-hydrogen) atoms. The second-order valence-corrected chi connectivity index (χ2v) is 9.68. The lowest BCUT2D eigenvalue weighted by Crippen LogP contribution is -2.39. The average molecular weight is 479 g/mol. The fourth-order valence-corrected chi connectivity index (χ4v) is 4.53. The van der Waals surface area contributed by atoms with Crippen molar-refractivity contribution in [2.45, 2.75) is 25.3 Å². The molecule has 1 amide bonds. The van der Waals surface area contributed by atoms with Crippen molar-refractivity contribution in [3.8, 4) is 0 Å². The zero-order valence-electron chi connectivity index (χ0n) is 18.8. The normalized spacial score (nSPS) is 11.6. The van der Waals surface area contributed by atoms with Crippen molar-refractivity contribution in [3.05, 3.63) is 101 Å². The van der Waals surface area contributed by atoms with Crippen molar-refractivity contribution in [1.29, 1.82) is 0 Å². The van der Waals surface area contributed by atoms with E-state index in [1.54, 1.807) is 36.4 Å². The van der Waals surface area contributed by atoms with Gasteiger partial charge in [0.15, 0.2) is 0 Å².